The molecule has 3 rings (SSSR count). The van der Waals surface area contributed by atoms with Crippen LogP contribution in [0.25, 0.3) is 0 Å². The Morgan fingerprint density at radius 3 is 2.47 bits per heavy atom. The minimum absolute atomic E-state index is 0.0144. The highest BCUT2D eigenvalue weighted by Crippen LogP contribution is 2.30. The van der Waals surface area contributed by atoms with E-state index in [1.165, 1.54) is 12.1 Å². The lowest BCUT2D eigenvalue weighted by atomic mass is 9.94. The van der Waals surface area contributed by atoms with Crippen molar-refractivity contribution in [2.45, 2.75) is 78.6 Å². The van der Waals surface area contributed by atoms with Crippen LogP contribution in [0.2, 0.25) is 0 Å². The second kappa shape index (κ2) is 12.5. The fraction of sp³-hybridized carbons (Fsp3) is 0.667. The van der Waals surface area contributed by atoms with Gasteiger partial charge in [0.05, 0.1) is 13.1 Å². The van der Waals surface area contributed by atoms with E-state index in [0.29, 0.717) is 18.9 Å². The van der Waals surface area contributed by atoms with E-state index in [9.17, 15) is 18.8 Å². The monoisotopic (exact) mass is 503 g/mol. The number of amides is 4. The van der Waals surface area contributed by atoms with E-state index in [1.54, 1.807) is 34.1 Å². The van der Waals surface area contributed by atoms with Gasteiger partial charge in [0.15, 0.2) is 0 Å². The number of nitrogens with zero attached hydrogens (tertiary/aromatic N) is 4. The number of nitrogens with one attached hydrogen (secondary N) is 1. The molecule has 0 spiro atoms. The molecule has 1 aromatic carbocycles. The van der Waals surface area contributed by atoms with Crippen molar-refractivity contribution in [1.29, 1.82) is 0 Å². The summed E-state index contributed by atoms with van der Waals surface area (Å²) in [6.45, 7) is 9.60. The van der Waals surface area contributed by atoms with Gasteiger partial charge in [-0.05, 0) is 42.4 Å². The number of unbranched alkanes of at least 4 members (excludes halogenated alkanes) is 1. The third kappa shape index (κ3) is 6.55. The van der Waals surface area contributed by atoms with Crippen LogP contribution in [-0.4, -0.2) is 76.6 Å². The van der Waals surface area contributed by atoms with Crippen LogP contribution >= 0.6 is 0 Å². The highest BCUT2D eigenvalue weighted by molar-refractivity contribution is 5.91. The first kappa shape index (κ1) is 27.9. The van der Waals surface area contributed by atoms with E-state index in [0.717, 1.165) is 31.2 Å². The minimum Gasteiger partial charge on any atom is -0.337 e. The quantitative estimate of drug-likeness (QED) is 0.527. The smallest absolute Gasteiger partial charge is 0.334 e. The molecule has 0 aromatic heterocycles. The van der Waals surface area contributed by atoms with Crippen LogP contribution in [0, 0.1) is 17.7 Å². The highest BCUT2D eigenvalue weighted by atomic mass is 19.1. The Morgan fingerprint density at radius 2 is 1.86 bits per heavy atom. The van der Waals surface area contributed by atoms with Crippen molar-refractivity contribution in [3.05, 3.63) is 35.6 Å². The molecular formula is C27H42FN5O3. The highest BCUT2D eigenvalue weighted by Gasteiger charge is 2.50. The minimum atomic E-state index is -0.582. The molecule has 1 N–H and O–H groups in total. The Hall–Kier alpha value is -2.68. The molecule has 1 aromatic rings. The van der Waals surface area contributed by atoms with Crippen molar-refractivity contribution < 1.29 is 18.8 Å². The maximum absolute atomic E-state index is 13.7. The topological polar surface area (TPSA) is 76.2 Å². The number of carbonyl (C=O) groups is 3. The van der Waals surface area contributed by atoms with Gasteiger partial charge in [-0.25, -0.2) is 19.2 Å². The average Bonchev–Trinajstić information content (AvgIpc) is 2.83. The Balaban J connectivity index is 1.85. The molecular weight excluding hydrogens is 461 g/mol. The molecule has 1 unspecified atom stereocenters. The van der Waals surface area contributed by atoms with Gasteiger partial charge in [-0.1, -0.05) is 59.1 Å². The van der Waals surface area contributed by atoms with Crippen molar-refractivity contribution in [3.8, 4) is 0 Å². The van der Waals surface area contributed by atoms with Crippen LogP contribution in [0.1, 0.15) is 65.4 Å². The summed E-state index contributed by atoms with van der Waals surface area (Å²) >= 11 is 0. The standard InChI is InChI=1S/C27H42FN5O3/c1-6-8-9-20(7-2)16-31-17-24-32(23(26(31)35)14-19(3)4)25(34)18-30(5)33(24)27(36)29-15-21-10-12-22(28)13-11-21/h10-13,19-20,23-24H,6-9,14-18H2,1-5H3,(H,29,36)/t20?,23-,24-/m0/s1. The maximum Gasteiger partial charge on any atom is 0.334 e. The maximum atomic E-state index is 13.7. The Bertz CT molecular complexity index is 909. The molecule has 2 saturated heterocycles. The lowest BCUT2D eigenvalue weighted by Gasteiger charge is -2.55. The second-order valence-corrected chi connectivity index (χ2v) is 10.5. The van der Waals surface area contributed by atoms with Crippen molar-refractivity contribution in [3.63, 3.8) is 0 Å². The zero-order valence-electron chi connectivity index (χ0n) is 22.4. The van der Waals surface area contributed by atoms with Crippen molar-refractivity contribution in [2.75, 3.05) is 26.7 Å². The first-order valence-electron chi connectivity index (χ1n) is 13.3. The van der Waals surface area contributed by atoms with Gasteiger partial charge >= 0.3 is 6.03 Å². The van der Waals surface area contributed by atoms with E-state index in [2.05, 4.69) is 19.2 Å². The third-order valence-electron chi connectivity index (χ3n) is 7.22. The number of hydrogen-bond donors (Lipinski definition) is 1. The van der Waals surface area contributed by atoms with E-state index in [1.807, 2.05) is 18.7 Å². The summed E-state index contributed by atoms with van der Waals surface area (Å²) in [5.41, 5.74) is 0.775. The van der Waals surface area contributed by atoms with Crippen molar-refractivity contribution in [2.24, 2.45) is 11.8 Å². The number of likely N-dealkylation sites (N-methyl/N-ethyl adjacent to an activating group) is 1. The van der Waals surface area contributed by atoms with Crippen LogP contribution in [0.3, 0.4) is 0 Å². The molecule has 2 aliphatic heterocycles. The molecule has 9 heteroatoms. The van der Waals surface area contributed by atoms with E-state index < -0.39 is 12.2 Å². The summed E-state index contributed by atoms with van der Waals surface area (Å²) in [5, 5.41) is 6.12. The predicted octanol–water partition coefficient (Wildman–Crippen LogP) is 3.83. The van der Waals surface area contributed by atoms with E-state index in [4.69, 9.17) is 0 Å². The summed E-state index contributed by atoms with van der Waals surface area (Å²) in [5.74, 6) is 0.122. The summed E-state index contributed by atoms with van der Waals surface area (Å²) in [6.07, 6.45) is 4.24. The lowest BCUT2D eigenvalue weighted by Crippen LogP contribution is -2.76. The number of rotatable bonds is 10. The SMILES string of the molecule is CCCCC(CC)CN1C[C@H]2N(C(=O)CN(C)N2C(=O)NCc2ccc(F)cc2)[C@@H](CC(C)C)C1=O. The van der Waals surface area contributed by atoms with Gasteiger partial charge in [-0.2, -0.15) is 0 Å². The van der Waals surface area contributed by atoms with Gasteiger partial charge < -0.3 is 15.1 Å². The Morgan fingerprint density at radius 1 is 1.17 bits per heavy atom. The van der Waals surface area contributed by atoms with Crippen LogP contribution in [0.5, 0.6) is 0 Å². The summed E-state index contributed by atoms with van der Waals surface area (Å²) in [7, 11) is 1.72. The van der Waals surface area contributed by atoms with Gasteiger partial charge in [-0.15, -0.1) is 0 Å². The number of fused-ring (bicyclic) bond motifs is 1. The first-order valence-corrected chi connectivity index (χ1v) is 13.3. The summed E-state index contributed by atoms with van der Waals surface area (Å²) in [4.78, 5) is 43.8. The van der Waals surface area contributed by atoms with Gasteiger partial charge in [0, 0.05) is 20.1 Å². The zero-order chi connectivity index (χ0) is 26.4. The molecule has 2 aliphatic rings. The molecule has 3 atom stereocenters. The molecule has 0 aliphatic carbocycles. The number of halogens is 1. The van der Waals surface area contributed by atoms with Crippen LogP contribution in [0.4, 0.5) is 9.18 Å². The third-order valence-corrected chi connectivity index (χ3v) is 7.22. The number of hydrazine groups is 1. The van der Waals surface area contributed by atoms with Crippen LogP contribution in [-0.2, 0) is 16.1 Å². The van der Waals surface area contributed by atoms with Gasteiger partial charge in [0.25, 0.3) is 0 Å². The first-order chi connectivity index (χ1) is 17.2. The number of piperazine rings is 1. The predicted molar refractivity (Wildman–Crippen MR) is 137 cm³/mol. The molecule has 8 nitrogen and oxygen atoms in total. The summed E-state index contributed by atoms with van der Waals surface area (Å²) in [6, 6.07) is 5.05. The van der Waals surface area contributed by atoms with E-state index >= 15 is 0 Å². The second-order valence-electron chi connectivity index (χ2n) is 10.5. The molecule has 2 heterocycles. The Labute approximate surface area is 214 Å². The molecule has 4 amide bonds. The molecule has 200 valence electrons. The van der Waals surface area contributed by atoms with Crippen molar-refractivity contribution in [1.82, 2.24) is 25.1 Å². The Kier molecular flexibility index (Phi) is 9.70. The number of urea groups is 1. The fourth-order valence-corrected chi connectivity index (χ4v) is 5.23. The van der Waals surface area contributed by atoms with Gasteiger partial charge in [-0.3, -0.25) is 9.59 Å². The fourth-order valence-electron chi connectivity index (χ4n) is 5.23. The largest absolute Gasteiger partial charge is 0.337 e. The molecule has 0 saturated carbocycles. The average molecular weight is 504 g/mol. The van der Waals surface area contributed by atoms with Crippen LogP contribution < -0.4 is 5.32 Å². The number of benzene rings is 1. The molecule has 36 heavy (non-hydrogen) atoms. The molecule has 0 bridgehead atoms. The van der Waals surface area contributed by atoms with Gasteiger partial charge in [0.1, 0.15) is 18.0 Å². The number of hydrogen-bond acceptors (Lipinski definition) is 4. The summed E-state index contributed by atoms with van der Waals surface area (Å²) < 4.78 is 13.3. The van der Waals surface area contributed by atoms with Crippen molar-refractivity contribution >= 4 is 17.8 Å². The van der Waals surface area contributed by atoms with E-state index in [-0.39, 0.29) is 49.2 Å². The van der Waals surface area contributed by atoms with Crippen LogP contribution in [0.15, 0.2) is 24.3 Å². The number of carbonyl (C=O) groups excluding carboxylic acids is 3. The molecule has 0 radical (unpaired) electrons. The normalized spacial score (nSPS) is 21.7. The van der Waals surface area contributed by atoms with Gasteiger partial charge in [0.2, 0.25) is 11.8 Å². The zero-order valence-corrected chi connectivity index (χ0v) is 22.4. The molecule has 2 fully saturated rings. The lowest BCUT2D eigenvalue weighted by molar-refractivity contribution is -0.188.